The van der Waals surface area contributed by atoms with Crippen molar-refractivity contribution in [2.45, 2.75) is 63.4 Å². The van der Waals surface area contributed by atoms with Crippen molar-refractivity contribution in [3.05, 3.63) is 35.9 Å². The highest BCUT2D eigenvalue weighted by Gasteiger charge is 2.32. The molecule has 0 bridgehead atoms. The quantitative estimate of drug-likeness (QED) is 0.861. The lowest BCUT2D eigenvalue weighted by Crippen LogP contribution is -2.50. The molecule has 0 spiro atoms. The Hall–Kier alpha value is -1.43. The Morgan fingerprint density at radius 2 is 2.08 bits per heavy atom. The van der Waals surface area contributed by atoms with E-state index in [2.05, 4.69) is 47.5 Å². The van der Waals surface area contributed by atoms with E-state index in [4.69, 9.17) is 10.5 Å². The van der Waals surface area contributed by atoms with Gasteiger partial charge in [-0.05, 0) is 38.2 Å². The van der Waals surface area contributed by atoms with Gasteiger partial charge in [0.1, 0.15) is 6.10 Å². The third-order valence-corrected chi connectivity index (χ3v) is 5.25. The predicted molar refractivity (Wildman–Crippen MR) is 94.4 cm³/mol. The third-order valence-electron chi connectivity index (χ3n) is 5.25. The molecule has 0 aromatic heterocycles. The van der Waals surface area contributed by atoms with Crippen molar-refractivity contribution in [1.82, 2.24) is 10.2 Å². The Morgan fingerprint density at radius 1 is 1.29 bits per heavy atom. The van der Waals surface area contributed by atoms with Gasteiger partial charge in [0.15, 0.2) is 0 Å². The SMILES string of the molecule is CC1CC(NC(=O)[C@@H]2CC[C@H](CN)O2)CCN1Cc1ccccc1. The number of piperidine rings is 1. The fourth-order valence-electron chi connectivity index (χ4n) is 3.77. The second kappa shape index (κ2) is 8.10. The van der Waals surface area contributed by atoms with Gasteiger partial charge in [0.2, 0.25) is 5.91 Å². The van der Waals surface area contributed by atoms with Crippen molar-refractivity contribution in [1.29, 1.82) is 0 Å². The molecule has 3 rings (SSSR count). The summed E-state index contributed by atoms with van der Waals surface area (Å²) in [6.07, 6.45) is 3.40. The van der Waals surface area contributed by atoms with Crippen molar-refractivity contribution < 1.29 is 9.53 Å². The van der Waals surface area contributed by atoms with E-state index in [1.54, 1.807) is 0 Å². The minimum Gasteiger partial charge on any atom is -0.364 e. The van der Waals surface area contributed by atoms with Crippen molar-refractivity contribution in [2.75, 3.05) is 13.1 Å². The molecule has 0 radical (unpaired) electrons. The van der Waals surface area contributed by atoms with Gasteiger partial charge in [0.25, 0.3) is 0 Å². The van der Waals surface area contributed by atoms with Crippen molar-refractivity contribution >= 4 is 5.91 Å². The first kappa shape index (κ1) is 17.4. The molecule has 2 aliphatic heterocycles. The summed E-state index contributed by atoms with van der Waals surface area (Å²) in [7, 11) is 0. The molecule has 1 aromatic rings. The summed E-state index contributed by atoms with van der Waals surface area (Å²) in [5.74, 6) is 0.0414. The fourth-order valence-corrected chi connectivity index (χ4v) is 3.77. The zero-order valence-electron chi connectivity index (χ0n) is 14.5. The molecule has 2 fully saturated rings. The van der Waals surface area contributed by atoms with Crippen LogP contribution in [0, 0.1) is 0 Å². The number of amides is 1. The molecule has 2 unspecified atom stereocenters. The van der Waals surface area contributed by atoms with E-state index in [9.17, 15) is 4.79 Å². The average Bonchev–Trinajstić information content (AvgIpc) is 3.08. The van der Waals surface area contributed by atoms with Gasteiger partial charge < -0.3 is 15.8 Å². The van der Waals surface area contributed by atoms with E-state index < -0.39 is 0 Å². The summed E-state index contributed by atoms with van der Waals surface area (Å²) in [4.78, 5) is 14.9. The van der Waals surface area contributed by atoms with Crippen LogP contribution in [0.15, 0.2) is 30.3 Å². The van der Waals surface area contributed by atoms with Crippen LogP contribution in [0.2, 0.25) is 0 Å². The van der Waals surface area contributed by atoms with Gasteiger partial charge in [-0.25, -0.2) is 0 Å². The number of nitrogens with zero attached hydrogens (tertiary/aromatic N) is 1. The van der Waals surface area contributed by atoms with Crippen molar-refractivity contribution in [2.24, 2.45) is 5.73 Å². The monoisotopic (exact) mass is 331 g/mol. The van der Waals surface area contributed by atoms with Gasteiger partial charge in [0, 0.05) is 31.7 Å². The number of likely N-dealkylation sites (tertiary alicyclic amines) is 1. The highest BCUT2D eigenvalue weighted by Crippen LogP contribution is 2.22. The van der Waals surface area contributed by atoms with E-state index in [0.29, 0.717) is 12.6 Å². The van der Waals surface area contributed by atoms with Crippen LogP contribution in [0.4, 0.5) is 0 Å². The normalized spacial score (nSPS) is 31.1. The molecule has 0 aliphatic carbocycles. The second-order valence-electron chi connectivity index (χ2n) is 7.09. The lowest BCUT2D eigenvalue weighted by atomic mass is 9.97. The van der Waals surface area contributed by atoms with E-state index >= 15 is 0 Å². The fraction of sp³-hybridized carbons (Fsp3) is 0.632. The van der Waals surface area contributed by atoms with Crippen molar-refractivity contribution in [3.63, 3.8) is 0 Å². The summed E-state index contributed by atoms with van der Waals surface area (Å²) >= 11 is 0. The number of hydrogen-bond donors (Lipinski definition) is 2. The summed E-state index contributed by atoms with van der Waals surface area (Å²) in [5.41, 5.74) is 6.96. The number of carbonyl (C=O) groups excluding carboxylic acids is 1. The highest BCUT2D eigenvalue weighted by molar-refractivity contribution is 5.81. The predicted octanol–water partition coefficient (Wildman–Crippen LogP) is 1.66. The minimum absolute atomic E-state index is 0.0414. The van der Waals surface area contributed by atoms with Gasteiger partial charge in [0.05, 0.1) is 6.10 Å². The molecule has 5 nitrogen and oxygen atoms in total. The molecule has 5 heteroatoms. The molecule has 132 valence electrons. The van der Waals surface area contributed by atoms with E-state index in [-0.39, 0.29) is 24.2 Å². The van der Waals surface area contributed by atoms with Crippen LogP contribution in [-0.4, -0.2) is 48.2 Å². The Bertz CT molecular complexity index is 537. The number of nitrogens with two attached hydrogens (primary N) is 1. The standard InChI is InChI=1S/C19H29N3O2/c1-14-11-16(21-19(23)18-8-7-17(12-20)24-18)9-10-22(14)13-15-5-3-2-4-6-15/h2-6,14,16-18H,7-13,20H2,1H3,(H,21,23)/t14?,16?,17-,18+/m1/s1. The van der Waals surface area contributed by atoms with Crippen LogP contribution in [0.25, 0.3) is 0 Å². The lowest BCUT2D eigenvalue weighted by molar-refractivity contribution is -0.133. The first-order chi connectivity index (χ1) is 11.7. The second-order valence-corrected chi connectivity index (χ2v) is 7.09. The van der Waals surface area contributed by atoms with Gasteiger partial charge >= 0.3 is 0 Å². The van der Waals surface area contributed by atoms with Crippen LogP contribution in [0.5, 0.6) is 0 Å². The number of hydrogen-bond acceptors (Lipinski definition) is 4. The Kier molecular flexibility index (Phi) is 5.87. The molecule has 1 amide bonds. The van der Waals surface area contributed by atoms with Gasteiger partial charge in [-0.2, -0.15) is 0 Å². The number of ether oxygens (including phenoxy) is 1. The van der Waals surface area contributed by atoms with Gasteiger partial charge in [-0.3, -0.25) is 9.69 Å². The summed E-state index contributed by atoms with van der Waals surface area (Å²) in [5, 5.41) is 3.19. The molecule has 24 heavy (non-hydrogen) atoms. The zero-order valence-corrected chi connectivity index (χ0v) is 14.5. The van der Waals surface area contributed by atoms with Crippen LogP contribution in [0.3, 0.4) is 0 Å². The van der Waals surface area contributed by atoms with Crippen LogP contribution < -0.4 is 11.1 Å². The van der Waals surface area contributed by atoms with Gasteiger partial charge in [-0.1, -0.05) is 30.3 Å². The van der Waals surface area contributed by atoms with E-state index in [1.165, 1.54) is 5.56 Å². The smallest absolute Gasteiger partial charge is 0.249 e. The van der Waals surface area contributed by atoms with Crippen molar-refractivity contribution in [3.8, 4) is 0 Å². The first-order valence-corrected chi connectivity index (χ1v) is 9.09. The lowest BCUT2D eigenvalue weighted by Gasteiger charge is -2.38. The molecule has 2 heterocycles. The van der Waals surface area contributed by atoms with E-state index in [0.717, 1.165) is 38.8 Å². The van der Waals surface area contributed by atoms with Crippen LogP contribution >= 0.6 is 0 Å². The molecule has 2 saturated heterocycles. The van der Waals surface area contributed by atoms with Gasteiger partial charge in [-0.15, -0.1) is 0 Å². The topological polar surface area (TPSA) is 67.6 Å². The minimum atomic E-state index is -0.309. The first-order valence-electron chi connectivity index (χ1n) is 9.09. The molecule has 4 atom stereocenters. The Balaban J connectivity index is 1.46. The molecular formula is C19H29N3O2. The molecule has 3 N–H and O–H groups in total. The largest absolute Gasteiger partial charge is 0.364 e. The number of rotatable bonds is 5. The Morgan fingerprint density at radius 3 is 2.75 bits per heavy atom. The van der Waals surface area contributed by atoms with Crippen LogP contribution in [0.1, 0.15) is 38.2 Å². The maximum Gasteiger partial charge on any atom is 0.249 e. The third kappa shape index (κ3) is 4.35. The maximum absolute atomic E-state index is 12.4. The molecule has 0 saturated carbocycles. The Labute approximate surface area is 144 Å². The number of carbonyl (C=O) groups is 1. The zero-order chi connectivity index (χ0) is 16.9. The van der Waals surface area contributed by atoms with E-state index in [1.807, 2.05) is 0 Å². The molecule has 2 aliphatic rings. The highest BCUT2D eigenvalue weighted by atomic mass is 16.5. The summed E-state index contributed by atoms with van der Waals surface area (Å²) < 4.78 is 5.69. The summed E-state index contributed by atoms with van der Waals surface area (Å²) in [6, 6.07) is 11.3. The summed E-state index contributed by atoms with van der Waals surface area (Å²) in [6.45, 7) is 4.74. The van der Waals surface area contributed by atoms with Crippen LogP contribution in [-0.2, 0) is 16.1 Å². The molecule has 1 aromatic carbocycles. The average molecular weight is 331 g/mol. The maximum atomic E-state index is 12.4. The number of benzene rings is 1. The number of nitrogens with one attached hydrogen (secondary N) is 1. The molecular weight excluding hydrogens is 302 g/mol.